The van der Waals surface area contributed by atoms with Crippen LogP contribution in [0.15, 0.2) is 58.9 Å². The van der Waals surface area contributed by atoms with Gasteiger partial charge in [0.25, 0.3) is 10.0 Å². The third kappa shape index (κ3) is 2.28. The van der Waals surface area contributed by atoms with Gasteiger partial charge in [-0.15, -0.1) is 11.3 Å². The molecule has 0 aliphatic heterocycles. The molecule has 3 aromatic rings. The number of thiophene rings is 1. The third-order valence-corrected chi connectivity index (χ3v) is 5.87. The van der Waals surface area contributed by atoms with Crippen LogP contribution < -0.4 is 0 Å². The molecule has 0 fully saturated rings. The summed E-state index contributed by atoms with van der Waals surface area (Å²) in [6.45, 7) is 1.88. The van der Waals surface area contributed by atoms with Gasteiger partial charge in [0.2, 0.25) is 0 Å². The van der Waals surface area contributed by atoms with Crippen molar-refractivity contribution in [2.45, 2.75) is 11.1 Å². The van der Waals surface area contributed by atoms with E-state index in [-0.39, 0.29) is 0 Å². The predicted molar refractivity (Wildman–Crippen MR) is 79.3 cm³/mol. The molecule has 0 spiro atoms. The minimum atomic E-state index is -3.58. The van der Waals surface area contributed by atoms with Crippen molar-refractivity contribution in [2.75, 3.05) is 0 Å². The van der Waals surface area contributed by atoms with Gasteiger partial charge in [-0.1, -0.05) is 30.3 Å². The van der Waals surface area contributed by atoms with Crippen molar-refractivity contribution in [1.82, 2.24) is 9.19 Å². The Kier molecular flexibility index (Phi) is 3.19. The molecule has 0 aliphatic rings. The Morgan fingerprint density at radius 2 is 1.80 bits per heavy atom. The second-order valence-corrected chi connectivity index (χ2v) is 7.62. The van der Waals surface area contributed by atoms with Crippen LogP contribution in [0.25, 0.3) is 11.3 Å². The molecule has 0 bridgehead atoms. The van der Waals surface area contributed by atoms with Crippen LogP contribution >= 0.6 is 11.3 Å². The summed E-state index contributed by atoms with van der Waals surface area (Å²) in [5, 5.41) is 4.17. The lowest BCUT2D eigenvalue weighted by Crippen LogP contribution is -2.12. The summed E-state index contributed by atoms with van der Waals surface area (Å²) in [7, 11) is -3.58. The fraction of sp³-hybridized carbons (Fsp3) is 0.0714. The second-order valence-electron chi connectivity index (χ2n) is 4.31. The zero-order valence-corrected chi connectivity index (χ0v) is 12.4. The van der Waals surface area contributed by atoms with E-state index in [0.29, 0.717) is 9.90 Å². The van der Waals surface area contributed by atoms with Gasteiger partial charge in [0, 0.05) is 16.6 Å². The van der Waals surface area contributed by atoms with Gasteiger partial charge in [0.05, 0.1) is 5.69 Å². The second kappa shape index (κ2) is 4.88. The number of hydrogen-bond donors (Lipinski definition) is 0. The lowest BCUT2D eigenvalue weighted by molar-refractivity contribution is 0.582. The standard InChI is InChI=1S/C14H12N2O2S2/c1-11-7-8-14(19-11)20(17,18)16-10-9-13(15-16)12-5-3-2-4-6-12/h2-10H,1H3. The molecule has 0 saturated carbocycles. The Balaban J connectivity index is 2.02. The third-order valence-electron chi connectivity index (χ3n) is 2.85. The number of hydrogen-bond acceptors (Lipinski definition) is 4. The average molecular weight is 304 g/mol. The summed E-state index contributed by atoms with van der Waals surface area (Å²) in [6.07, 6.45) is 1.48. The highest BCUT2D eigenvalue weighted by molar-refractivity contribution is 7.91. The fourth-order valence-electron chi connectivity index (χ4n) is 1.85. The van der Waals surface area contributed by atoms with E-state index >= 15 is 0 Å². The molecule has 3 rings (SSSR count). The van der Waals surface area contributed by atoms with E-state index in [9.17, 15) is 8.42 Å². The molecule has 0 unspecified atom stereocenters. The van der Waals surface area contributed by atoms with Gasteiger partial charge in [-0.2, -0.15) is 17.6 Å². The summed E-state index contributed by atoms with van der Waals surface area (Å²) in [5.74, 6) is 0. The summed E-state index contributed by atoms with van der Waals surface area (Å²) >= 11 is 1.25. The molecule has 0 aliphatic carbocycles. The molecule has 6 heteroatoms. The Bertz CT molecular complexity index is 833. The van der Waals surface area contributed by atoms with Crippen molar-refractivity contribution < 1.29 is 8.42 Å². The van der Waals surface area contributed by atoms with E-state index in [1.165, 1.54) is 17.5 Å². The van der Waals surface area contributed by atoms with Crippen molar-refractivity contribution in [1.29, 1.82) is 0 Å². The van der Waals surface area contributed by atoms with Crippen LogP contribution in [-0.2, 0) is 10.0 Å². The minimum Gasteiger partial charge on any atom is -0.198 e. The number of aromatic nitrogens is 2. The number of benzene rings is 1. The van der Waals surface area contributed by atoms with Gasteiger partial charge in [-0.25, -0.2) is 0 Å². The Labute approximate surface area is 121 Å². The maximum Gasteiger partial charge on any atom is 0.292 e. The van der Waals surface area contributed by atoms with Crippen molar-refractivity contribution >= 4 is 21.4 Å². The van der Waals surface area contributed by atoms with Gasteiger partial charge in [-0.3, -0.25) is 0 Å². The van der Waals surface area contributed by atoms with Crippen LogP contribution in [0.3, 0.4) is 0 Å². The van der Waals surface area contributed by atoms with Crippen LogP contribution in [0.5, 0.6) is 0 Å². The number of nitrogens with zero attached hydrogens (tertiary/aromatic N) is 2. The quantitative estimate of drug-likeness (QED) is 0.747. The van der Waals surface area contributed by atoms with E-state index in [4.69, 9.17) is 0 Å². The molecule has 2 heterocycles. The number of rotatable bonds is 3. The first-order valence-electron chi connectivity index (χ1n) is 6.00. The molecule has 102 valence electrons. The van der Waals surface area contributed by atoms with Gasteiger partial charge in [0.1, 0.15) is 4.21 Å². The molecule has 1 aromatic carbocycles. The molecule has 0 N–H and O–H groups in total. The largest absolute Gasteiger partial charge is 0.292 e. The van der Waals surface area contributed by atoms with E-state index in [0.717, 1.165) is 14.5 Å². The van der Waals surface area contributed by atoms with Crippen LogP contribution in [-0.4, -0.2) is 17.6 Å². The van der Waals surface area contributed by atoms with E-state index in [1.807, 2.05) is 37.3 Å². The highest BCUT2D eigenvalue weighted by Crippen LogP contribution is 2.24. The fourth-order valence-corrected chi connectivity index (χ4v) is 4.32. The first-order chi connectivity index (χ1) is 9.57. The van der Waals surface area contributed by atoms with Crippen molar-refractivity contribution in [3.63, 3.8) is 0 Å². The summed E-state index contributed by atoms with van der Waals surface area (Å²) in [6, 6.07) is 14.6. The predicted octanol–water partition coefficient (Wildman–Crippen LogP) is 3.16. The molecule has 20 heavy (non-hydrogen) atoms. The maximum absolute atomic E-state index is 12.4. The zero-order valence-electron chi connectivity index (χ0n) is 10.7. The maximum atomic E-state index is 12.4. The Hall–Kier alpha value is -1.92. The molecule has 0 radical (unpaired) electrons. The van der Waals surface area contributed by atoms with Crippen molar-refractivity contribution in [2.24, 2.45) is 0 Å². The van der Waals surface area contributed by atoms with Crippen molar-refractivity contribution in [3.8, 4) is 11.3 Å². The average Bonchev–Trinajstić information content (AvgIpc) is 3.09. The van der Waals surface area contributed by atoms with Crippen molar-refractivity contribution in [3.05, 3.63) is 59.6 Å². The normalized spacial score (nSPS) is 11.7. The Morgan fingerprint density at radius 1 is 1.05 bits per heavy atom. The monoisotopic (exact) mass is 304 g/mol. The molecule has 4 nitrogen and oxygen atoms in total. The van der Waals surface area contributed by atoms with E-state index in [2.05, 4.69) is 5.10 Å². The first-order valence-corrected chi connectivity index (χ1v) is 8.26. The van der Waals surface area contributed by atoms with Crippen LogP contribution in [0.1, 0.15) is 4.88 Å². The first kappa shape index (κ1) is 13.1. The molecular weight excluding hydrogens is 292 g/mol. The van der Waals surface area contributed by atoms with E-state index < -0.39 is 10.0 Å². The van der Waals surface area contributed by atoms with Gasteiger partial charge >= 0.3 is 0 Å². The smallest absolute Gasteiger partial charge is 0.198 e. The lowest BCUT2D eigenvalue weighted by Gasteiger charge is -2.01. The molecule has 2 aromatic heterocycles. The van der Waals surface area contributed by atoms with Crippen LogP contribution in [0.4, 0.5) is 0 Å². The van der Waals surface area contributed by atoms with E-state index in [1.54, 1.807) is 18.2 Å². The molecular formula is C14H12N2O2S2. The Morgan fingerprint density at radius 3 is 2.45 bits per heavy atom. The topological polar surface area (TPSA) is 52.0 Å². The molecule has 0 saturated heterocycles. The van der Waals surface area contributed by atoms with Gasteiger partial charge in [0.15, 0.2) is 0 Å². The highest BCUT2D eigenvalue weighted by Gasteiger charge is 2.20. The summed E-state index contributed by atoms with van der Waals surface area (Å²) < 4.78 is 26.1. The number of aryl methyl sites for hydroxylation is 1. The molecule has 0 atom stereocenters. The highest BCUT2D eigenvalue weighted by atomic mass is 32.2. The summed E-state index contributed by atoms with van der Waals surface area (Å²) in [5.41, 5.74) is 1.53. The van der Waals surface area contributed by atoms with Crippen LogP contribution in [0.2, 0.25) is 0 Å². The molecule has 0 amide bonds. The minimum absolute atomic E-state index is 0.303. The van der Waals surface area contributed by atoms with Gasteiger partial charge < -0.3 is 0 Å². The van der Waals surface area contributed by atoms with Gasteiger partial charge in [-0.05, 0) is 25.1 Å². The zero-order chi connectivity index (χ0) is 14.2. The SMILES string of the molecule is Cc1ccc(S(=O)(=O)n2ccc(-c3ccccc3)n2)s1. The van der Waals surface area contributed by atoms with Crippen LogP contribution in [0, 0.1) is 6.92 Å². The summed E-state index contributed by atoms with van der Waals surface area (Å²) in [4.78, 5) is 0.957. The lowest BCUT2D eigenvalue weighted by atomic mass is 10.2.